The summed E-state index contributed by atoms with van der Waals surface area (Å²) < 4.78 is 1.88. The second-order valence-electron chi connectivity index (χ2n) is 8.22. The first-order chi connectivity index (χ1) is 15.1. The summed E-state index contributed by atoms with van der Waals surface area (Å²) in [6.45, 7) is 2.55. The average molecular weight is 417 g/mol. The molecule has 0 bridgehead atoms. The van der Waals surface area contributed by atoms with Crippen LogP contribution in [0.2, 0.25) is 0 Å². The molecule has 2 N–H and O–H groups in total. The molecule has 6 heteroatoms. The molecule has 0 spiro atoms. The molecule has 2 amide bonds. The van der Waals surface area contributed by atoms with Crippen LogP contribution in [0.4, 0.5) is 11.4 Å². The van der Waals surface area contributed by atoms with Crippen molar-refractivity contribution >= 4 is 23.2 Å². The fraction of sp³-hybridized carbons (Fsp3) is 0.320. The van der Waals surface area contributed by atoms with E-state index < -0.39 is 0 Å². The van der Waals surface area contributed by atoms with Gasteiger partial charge in [-0.15, -0.1) is 0 Å². The van der Waals surface area contributed by atoms with Crippen LogP contribution in [0.5, 0.6) is 0 Å². The van der Waals surface area contributed by atoms with Crippen LogP contribution in [0.3, 0.4) is 0 Å². The number of hydrogen-bond acceptors (Lipinski definition) is 3. The van der Waals surface area contributed by atoms with Crippen LogP contribution in [-0.4, -0.2) is 21.4 Å². The molecule has 1 aliphatic carbocycles. The Morgan fingerprint density at radius 3 is 2.48 bits per heavy atom. The molecule has 160 valence electrons. The lowest BCUT2D eigenvalue weighted by Gasteiger charge is -2.20. The lowest BCUT2D eigenvalue weighted by Crippen LogP contribution is -2.24. The zero-order chi connectivity index (χ0) is 21.6. The first-order valence-corrected chi connectivity index (χ1v) is 10.9. The van der Waals surface area contributed by atoms with E-state index in [4.69, 9.17) is 0 Å². The van der Waals surface area contributed by atoms with E-state index in [1.807, 2.05) is 60.0 Å². The molecule has 0 saturated heterocycles. The standard InChI is InChI=1S/C25H28N4O2/c1-18-7-5-6-10-22(18)28-25(31)23-16-29(17-26-23)15-19-11-13-21(14-12-19)27-24(30)20-8-3-2-4-9-20/h5-7,10-14,16-17,20H,2-4,8-9,15H2,1H3,(H,27,30)(H,28,31). The van der Waals surface area contributed by atoms with Crippen molar-refractivity contribution in [3.63, 3.8) is 0 Å². The summed E-state index contributed by atoms with van der Waals surface area (Å²) in [5, 5.41) is 5.94. The van der Waals surface area contributed by atoms with Crippen molar-refractivity contribution < 1.29 is 9.59 Å². The van der Waals surface area contributed by atoms with Crippen LogP contribution in [0.15, 0.2) is 61.1 Å². The highest BCUT2D eigenvalue weighted by molar-refractivity contribution is 6.03. The summed E-state index contributed by atoms with van der Waals surface area (Å²) in [4.78, 5) is 29.1. The number of carbonyl (C=O) groups excluding carboxylic acids is 2. The molecule has 0 unspecified atom stereocenters. The Labute approximate surface area is 182 Å². The van der Waals surface area contributed by atoms with Crippen molar-refractivity contribution in [1.82, 2.24) is 9.55 Å². The van der Waals surface area contributed by atoms with Gasteiger partial charge in [-0.25, -0.2) is 4.98 Å². The van der Waals surface area contributed by atoms with Crippen LogP contribution in [0.1, 0.15) is 53.7 Å². The summed E-state index contributed by atoms with van der Waals surface area (Å²) in [7, 11) is 0. The van der Waals surface area contributed by atoms with Crippen LogP contribution in [0.25, 0.3) is 0 Å². The Morgan fingerprint density at radius 1 is 1.00 bits per heavy atom. The second kappa shape index (κ2) is 9.60. The Balaban J connectivity index is 1.33. The van der Waals surface area contributed by atoms with Crippen LogP contribution in [-0.2, 0) is 11.3 Å². The lowest BCUT2D eigenvalue weighted by molar-refractivity contribution is -0.120. The highest BCUT2D eigenvalue weighted by Gasteiger charge is 2.21. The Kier molecular flexibility index (Phi) is 6.46. The van der Waals surface area contributed by atoms with Gasteiger partial charge in [0.25, 0.3) is 5.91 Å². The highest BCUT2D eigenvalue weighted by Crippen LogP contribution is 2.25. The largest absolute Gasteiger partial charge is 0.332 e. The van der Waals surface area contributed by atoms with Crippen LogP contribution in [0, 0.1) is 12.8 Å². The summed E-state index contributed by atoms with van der Waals surface area (Å²) in [6.07, 6.45) is 8.91. The number of anilines is 2. The summed E-state index contributed by atoms with van der Waals surface area (Å²) >= 11 is 0. The summed E-state index contributed by atoms with van der Waals surface area (Å²) in [6, 6.07) is 15.5. The van der Waals surface area contributed by atoms with Crippen molar-refractivity contribution in [2.75, 3.05) is 10.6 Å². The Hall–Kier alpha value is -3.41. The van der Waals surface area contributed by atoms with E-state index >= 15 is 0 Å². The molecule has 3 aromatic rings. The fourth-order valence-electron chi connectivity index (χ4n) is 3.98. The molecule has 4 rings (SSSR count). The minimum absolute atomic E-state index is 0.131. The number of imidazole rings is 1. The number of nitrogens with zero attached hydrogens (tertiary/aromatic N) is 2. The monoisotopic (exact) mass is 416 g/mol. The van der Waals surface area contributed by atoms with Crippen LogP contribution < -0.4 is 10.6 Å². The van der Waals surface area contributed by atoms with Gasteiger partial charge in [0.1, 0.15) is 5.69 Å². The van der Waals surface area contributed by atoms with Gasteiger partial charge in [-0.05, 0) is 49.1 Å². The first-order valence-electron chi connectivity index (χ1n) is 10.9. The topological polar surface area (TPSA) is 76.0 Å². The minimum atomic E-state index is -0.228. The third-order valence-corrected chi connectivity index (χ3v) is 5.82. The Bertz CT molecular complexity index is 1050. The van der Waals surface area contributed by atoms with Crippen molar-refractivity contribution in [1.29, 1.82) is 0 Å². The maximum Gasteiger partial charge on any atom is 0.275 e. The van der Waals surface area contributed by atoms with E-state index in [2.05, 4.69) is 15.6 Å². The lowest BCUT2D eigenvalue weighted by atomic mass is 9.88. The number of nitrogens with one attached hydrogen (secondary N) is 2. The van der Waals surface area contributed by atoms with E-state index in [0.717, 1.165) is 48.2 Å². The molecule has 6 nitrogen and oxygen atoms in total. The van der Waals surface area contributed by atoms with Crippen molar-refractivity contribution in [3.8, 4) is 0 Å². The number of aryl methyl sites for hydroxylation is 1. The van der Waals surface area contributed by atoms with Gasteiger partial charge in [-0.2, -0.15) is 0 Å². The number of carbonyl (C=O) groups is 2. The molecule has 1 aromatic heterocycles. The van der Waals surface area contributed by atoms with Gasteiger partial charge in [-0.1, -0.05) is 49.6 Å². The maximum absolute atomic E-state index is 12.5. The molecule has 0 aliphatic heterocycles. The zero-order valence-corrected chi connectivity index (χ0v) is 17.8. The smallest absolute Gasteiger partial charge is 0.275 e. The molecular formula is C25H28N4O2. The van der Waals surface area contributed by atoms with Gasteiger partial charge < -0.3 is 15.2 Å². The quantitative estimate of drug-likeness (QED) is 0.593. The van der Waals surface area contributed by atoms with Gasteiger partial charge in [-0.3, -0.25) is 9.59 Å². The van der Waals surface area contributed by atoms with Gasteiger partial charge in [0.15, 0.2) is 0 Å². The van der Waals surface area contributed by atoms with E-state index in [-0.39, 0.29) is 17.7 Å². The number of para-hydroxylation sites is 1. The highest BCUT2D eigenvalue weighted by atomic mass is 16.2. The number of aromatic nitrogens is 2. The van der Waals surface area contributed by atoms with Gasteiger partial charge in [0.05, 0.1) is 6.33 Å². The number of hydrogen-bond donors (Lipinski definition) is 2. The molecule has 2 aromatic carbocycles. The van der Waals surface area contributed by atoms with Gasteiger partial charge >= 0.3 is 0 Å². The third kappa shape index (κ3) is 5.40. The molecule has 1 heterocycles. The number of benzene rings is 2. The first kappa shape index (κ1) is 20.8. The predicted molar refractivity (Wildman–Crippen MR) is 122 cm³/mol. The van der Waals surface area contributed by atoms with Gasteiger partial charge in [0.2, 0.25) is 5.91 Å². The third-order valence-electron chi connectivity index (χ3n) is 5.82. The molecular weight excluding hydrogens is 388 g/mol. The summed E-state index contributed by atoms with van der Waals surface area (Å²) in [5.41, 5.74) is 4.06. The maximum atomic E-state index is 12.5. The fourth-order valence-corrected chi connectivity index (χ4v) is 3.98. The van der Waals surface area contributed by atoms with Crippen molar-refractivity contribution in [2.24, 2.45) is 5.92 Å². The SMILES string of the molecule is Cc1ccccc1NC(=O)c1cn(Cc2ccc(NC(=O)C3CCCCC3)cc2)cn1. The van der Waals surface area contributed by atoms with Crippen molar-refractivity contribution in [2.45, 2.75) is 45.6 Å². The second-order valence-corrected chi connectivity index (χ2v) is 8.22. The molecule has 1 saturated carbocycles. The molecule has 1 aliphatic rings. The van der Waals surface area contributed by atoms with Crippen LogP contribution >= 0.6 is 0 Å². The number of amides is 2. The average Bonchev–Trinajstić information content (AvgIpc) is 3.26. The van der Waals surface area contributed by atoms with E-state index in [0.29, 0.717) is 12.2 Å². The predicted octanol–water partition coefficient (Wildman–Crippen LogP) is 5.01. The normalized spacial score (nSPS) is 14.2. The molecule has 31 heavy (non-hydrogen) atoms. The zero-order valence-electron chi connectivity index (χ0n) is 17.8. The minimum Gasteiger partial charge on any atom is -0.332 e. The molecule has 1 fully saturated rings. The number of rotatable bonds is 6. The van der Waals surface area contributed by atoms with E-state index in [1.54, 1.807) is 12.5 Å². The van der Waals surface area contributed by atoms with Gasteiger partial charge in [0, 0.05) is 30.0 Å². The Morgan fingerprint density at radius 2 is 1.74 bits per heavy atom. The van der Waals surface area contributed by atoms with E-state index in [1.165, 1.54) is 6.42 Å². The summed E-state index contributed by atoms with van der Waals surface area (Å²) in [5.74, 6) is 0.0452. The van der Waals surface area contributed by atoms with Crippen molar-refractivity contribution in [3.05, 3.63) is 77.9 Å². The molecule has 0 atom stereocenters. The molecule has 0 radical (unpaired) electrons. The van der Waals surface area contributed by atoms with E-state index in [9.17, 15) is 9.59 Å².